The summed E-state index contributed by atoms with van der Waals surface area (Å²) in [5.74, 6) is 0. The molecule has 0 aliphatic rings. The molecular formula is C16H19BrN2O. The number of rotatable bonds is 6. The summed E-state index contributed by atoms with van der Waals surface area (Å²) in [6, 6.07) is 11.9. The van der Waals surface area contributed by atoms with Crippen molar-refractivity contribution in [2.45, 2.75) is 19.1 Å². The van der Waals surface area contributed by atoms with E-state index in [-0.39, 0.29) is 0 Å². The SMILES string of the molecule is CN(CCC(O)c1ccc(Br)cc1)Cc1ccncc1. The molecule has 1 atom stereocenters. The summed E-state index contributed by atoms with van der Waals surface area (Å²) in [5.41, 5.74) is 2.20. The number of halogens is 1. The van der Waals surface area contributed by atoms with Gasteiger partial charge in [0.15, 0.2) is 0 Å². The van der Waals surface area contributed by atoms with E-state index in [2.05, 4.69) is 32.9 Å². The minimum atomic E-state index is -0.414. The molecule has 0 radical (unpaired) electrons. The van der Waals surface area contributed by atoms with Crippen molar-refractivity contribution in [3.8, 4) is 0 Å². The third-order valence-corrected chi connectivity index (χ3v) is 3.77. The van der Waals surface area contributed by atoms with Crippen molar-refractivity contribution >= 4 is 15.9 Å². The van der Waals surface area contributed by atoms with Gasteiger partial charge < -0.3 is 10.0 Å². The molecule has 20 heavy (non-hydrogen) atoms. The standard InChI is InChI=1S/C16H19BrN2O/c1-19(12-13-6-9-18-10-7-13)11-8-16(20)14-2-4-15(17)5-3-14/h2-7,9-10,16,20H,8,11-12H2,1H3. The van der Waals surface area contributed by atoms with Gasteiger partial charge in [0.25, 0.3) is 0 Å². The second-order valence-electron chi connectivity index (χ2n) is 4.95. The monoisotopic (exact) mass is 334 g/mol. The lowest BCUT2D eigenvalue weighted by atomic mass is 10.1. The fourth-order valence-corrected chi connectivity index (χ4v) is 2.34. The molecule has 1 heterocycles. The van der Waals surface area contributed by atoms with Crippen molar-refractivity contribution in [3.63, 3.8) is 0 Å². The molecule has 0 amide bonds. The van der Waals surface area contributed by atoms with Crippen LogP contribution in [0.1, 0.15) is 23.7 Å². The number of aliphatic hydroxyl groups excluding tert-OH is 1. The number of benzene rings is 1. The molecule has 1 aromatic heterocycles. The Hall–Kier alpha value is -1.23. The molecule has 3 nitrogen and oxygen atoms in total. The second-order valence-corrected chi connectivity index (χ2v) is 5.86. The molecule has 4 heteroatoms. The summed E-state index contributed by atoms with van der Waals surface area (Å²) in [5, 5.41) is 10.2. The Morgan fingerprint density at radius 3 is 2.45 bits per heavy atom. The zero-order valence-electron chi connectivity index (χ0n) is 11.5. The summed E-state index contributed by atoms with van der Waals surface area (Å²) in [6.45, 7) is 1.72. The third kappa shape index (κ3) is 4.71. The van der Waals surface area contributed by atoms with Gasteiger partial charge in [0.05, 0.1) is 6.10 Å². The smallest absolute Gasteiger partial charge is 0.0802 e. The van der Waals surface area contributed by atoms with E-state index in [0.717, 1.165) is 29.5 Å². The molecule has 0 spiro atoms. The Balaban J connectivity index is 1.81. The first-order valence-electron chi connectivity index (χ1n) is 6.66. The Labute approximate surface area is 128 Å². The van der Waals surface area contributed by atoms with Gasteiger partial charge in [0.1, 0.15) is 0 Å². The summed E-state index contributed by atoms with van der Waals surface area (Å²) in [4.78, 5) is 6.22. The van der Waals surface area contributed by atoms with Crippen LogP contribution in [0.25, 0.3) is 0 Å². The number of pyridine rings is 1. The van der Waals surface area contributed by atoms with Crippen LogP contribution in [0.3, 0.4) is 0 Å². The minimum Gasteiger partial charge on any atom is -0.388 e. The molecule has 0 saturated heterocycles. The van der Waals surface area contributed by atoms with Crippen molar-refractivity contribution in [2.24, 2.45) is 0 Å². The Kier molecular flexibility index (Phi) is 5.71. The number of nitrogens with zero attached hydrogens (tertiary/aromatic N) is 2. The molecule has 0 fully saturated rings. The maximum absolute atomic E-state index is 10.2. The van der Waals surface area contributed by atoms with E-state index in [0.29, 0.717) is 0 Å². The number of hydrogen-bond acceptors (Lipinski definition) is 3. The zero-order valence-corrected chi connectivity index (χ0v) is 13.1. The van der Waals surface area contributed by atoms with Gasteiger partial charge in [-0.25, -0.2) is 0 Å². The van der Waals surface area contributed by atoms with E-state index in [1.165, 1.54) is 5.56 Å². The normalized spacial score (nSPS) is 12.6. The van der Waals surface area contributed by atoms with Crippen molar-refractivity contribution in [3.05, 3.63) is 64.4 Å². The molecule has 2 aromatic rings. The summed E-state index contributed by atoms with van der Waals surface area (Å²) in [7, 11) is 2.06. The highest BCUT2D eigenvalue weighted by Crippen LogP contribution is 2.19. The maximum Gasteiger partial charge on any atom is 0.0802 e. The van der Waals surface area contributed by atoms with E-state index in [1.54, 1.807) is 12.4 Å². The molecule has 1 aromatic carbocycles. The van der Waals surface area contributed by atoms with Crippen LogP contribution in [0.4, 0.5) is 0 Å². The van der Waals surface area contributed by atoms with Crippen LogP contribution in [0.2, 0.25) is 0 Å². The van der Waals surface area contributed by atoms with Gasteiger partial charge in [-0.15, -0.1) is 0 Å². The molecule has 1 N–H and O–H groups in total. The fourth-order valence-electron chi connectivity index (χ4n) is 2.07. The van der Waals surface area contributed by atoms with Crippen LogP contribution in [0, 0.1) is 0 Å². The predicted molar refractivity (Wildman–Crippen MR) is 84.3 cm³/mol. The van der Waals surface area contributed by atoms with Crippen LogP contribution < -0.4 is 0 Å². The first-order chi connectivity index (χ1) is 9.65. The first-order valence-corrected chi connectivity index (χ1v) is 7.45. The molecule has 106 valence electrons. The average molecular weight is 335 g/mol. The van der Waals surface area contributed by atoms with Gasteiger partial charge in [-0.05, 0) is 48.9 Å². The predicted octanol–water partition coefficient (Wildman–Crippen LogP) is 3.40. The summed E-state index contributed by atoms with van der Waals surface area (Å²) >= 11 is 3.40. The molecule has 1 unspecified atom stereocenters. The van der Waals surface area contributed by atoms with Gasteiger partial charge in [-0.3, -0.25) is 4.98 Å². The van der Waals surface area contributed by atoms with E-state index < -0.39 is 6.10 Å². The lowest BCUT2D eigenvalue weighted by molar-refractivity contribution is 0.147. The van der Waals surface area contributed by atoms with E-state index in [1.807, 2.05) is 36.4 Å². The van der Waals surface area contributed by atoms with Crippen LogP contribution in [0.15, 0.2) is 53.3 Å². The largest absolute Gasteiger partial charge is 0.388 e. The van der Waals surface area contributed by atoms with E-state index in [9.17, 15) is 5.11 Å². The summed E-state index contributed by atoms with van der Waals surface area (Å²) < 4.78 is 1.03. The van der Waals surface area contributed by atoms with Gasteiger partial charge >= 0.3 is 0 Å². The van der Waals surface area contributed by atoms with Crippen LogP contribution in [-0.4, -0.2) is 28.6 Å². The van der Waals surface area contributed by atoms with Gasteiger partial charge in [-0.2, -0.15) is 0 Å². The van der Waals surface area contributed by atoms with Crippen molar-refractivity contribution in [2.75, 3.05) is 13.6 Å². The molecule has 0 bridgehead atoms. The quantitative estimate of drug-likeness (QED) is 0.879. The van der Waals surface area contributed by atoms with Crippen LogP contribution in [-0.2, 0) is 6.54 Å². The molecular weight excluding hydrogens is 316 g/mol. The van der Waals surface area contributed by atoms with Gasteiger partial charge in [-0.1, -0.05) is 28.1 Å². The van der Waals surface area contributed by atoms with Gasteiger partial charge in [0.2, 0.25) is 0 Å². The highest BCUT2D eigenvalue weighted by Gasteiger charge is 2.09. The maximum atomic E-state index is 10.2. The lowest BCUT2D eigenvalue weighted by Crippen LogP contribution is -2.20. The van der Waals surface area contributed by atoms with E-state index in [4.69, 9.17) is 0 Å². The van der Waals surface area contributed by atoms with Crippen molar-refractivity contribution in [1.82, 2.24) is 9.88 Å². The minimum absolute atomic E-state index is 0.414. The molecule has 2 rings (SSSR count). The lowest BCUT2D eigenvalue weighted by Gasteiger charge is -2.19. The second kappa shape index (κ2) is 7.53. The highest BCUT2D eigenvalue weighted by atomic mass is 79.9. The van der Waals surface area contributed by atoms with E-state index >= 15 is 0 Å². The van der Waals surface area contributed by atoms with Crippen LogP contribution >= 0.6 is 15.9 Å². The first kappa shape index (κ1) is 15.2. The Morgan fingerprint density at radius 1 is 1.15 bits per heavy atom. The molecule has 0 saturated carbocycles. The highest BCUT2D eigenvalue weighted by molar-refractivity contribution is 9.10. The zero-order chi connectivity index (χ0) is 14.4. The number of aliphatic hydroxyl groups is 1. The topological polar surface area (TPSA) is 36.4 Å². The fraction of sp³-hybridized carbons (Fsp3) is 0.312. The van der Waals surface area contributed by atoms with Gasteiger partial charge in [0, 0.05) is 30.0 Å². The Morgan fingerprint density at radius 2 is 1.80 bits per heavy atom. The van der Waals surface area contributed by atoms with Crippen molar-refractivity contribution in [1.29, 1.82) is 0 Å². The summed E-state index contributed by atoms with van der Waals surface area (Å²) in [6.07, 6.45) is 3.92. The number of aromatic nitrogens is 1. The Bertz CT molecular complexity index is 516. The molecule has 0 aliphatic carbocycles. The van der Waals surface area contributed by atoms with Crippen molar-refractivity contribution < 1.29 is 5.11 Å². The number of hydrogen-bond donors (Lipinski definition) is 1. The third-order valence-electron chi connectivity index (χ3n) is 3.24. The molecule has 0 aliphatic heterocycles. The average Bonchev–Trinajstić information content (AvgIpc) is 2.46. The van der Waals surface area contributed by atoms with Crippen LogP contribution in [0.5, 0.6) is 0 Å².